The molecule has 5 N–H and O–H groups in total. The molecule has 1 aliphatic heterocycles. The molecule has 2 heterocycles. The van der Waals surface area contributed by atoms with Crippen molar-refractivity contribution in [2.45, 2.75) is 12.8 Å². The van der Waals surface area contributed by atoms with Crippen molar-refractivity contribution in [3.8, 4) is 0 Å². The van der Waals surface area contributed by atoms with Crippen molar-refractivity contribution in [3.63, 3.8) is 0 Å². The van der Waals surface area contributed by atoms with E-state index in [-0.39, 0.29) is 11.4 Å². The largest absolute Gasteiger partial charge is 0.423 e. The van der Waals surface area contributed by atoms with Gasteiger partial charge >= 0.3 is 0 Å². The Morgan fingerprint density at radius 3 is 2.50 bits per heavy atom. The van der Waals surface area contributed by atoms with Gasteiger partial charge in [0.05, 0.1) is 0 Å². The van der Waals surface area contributed by atoms with Crippen molar-refractivity contribution < 1.29 is 5.21 Å². The van der Waals surface area contributed by atoms with Gasteiger partial charge in [0.15, 0.2) is 0 Å². The summed E-state index contributed by atoms with van der Waals surface area (Å²) in [4.78, 5) is 3.44. The zero-order valence-corrected chi connectivity index (χ0v) is 7.90. The summed E-state index contributed by atoms with van der Waals surface area (Å²) in [6.07, 6.45) is 4.13. The lowest BCUT2D eigenvalue weighted by Gasteiger charge is -1.97. The van der Waals surface area contributed by atoms with Gasteiger partial charge < -0.3 is 16.3 Å². The van der Waals surface area contributed by atoms with Gasteiger partial charge in [-0.3, -0.25) is 5.41 Å². The van der Waals surface area contributed by atoms with E-state index in [9.17, 15) is 0 Å². The van der Waals surface area contributed by atoms with E-state index < -0.39 is 0 Å². The van der Waals surface area contributed by atoms with Gasteiger partial charge in [0.25, 0.3) is 5.62 Å². The zero-order chi connectivity index (χ0) is 10.4. The first-order chi connectivity index (χ1) is 6.72. The molecule has 1 fully saturated rings. The van der Waals surface area contributed by atoms with Crippen molar-refractivity contribution in [2.24, 2.45) is 0 Å². The molecular formula is C8H15N5O. The Hall–Kier alpha value is -1.56. The van der Waals surface area contributed by atoms with Crippen molar-refractivity contribution >= 4 is 5.82 Å². The third-order valence-electron chi connectivity index (χ3n) is 1.84. The smallest absolute Gasteiger partial charge is 0.257 e. The molecule has 1 saturated heterocycles. The van der Waals surface area contributed by atoms with E-state index >= 15 is 0 Å². The van der Waals surface area contributed by atoms with Gasteiger partial charge in [-0.2, -0.15) is 0 Å². The van der Waals surface area contributed by atoms with E-state index in [1.165, 1.54) is 38.2 Å². The quantitative estimate of drug-likeness (QED) is 0.423. The molecular weight excluding hydrogens is 182 g/mol. The topological polar surface area (TPSA) is 100.0 Å². The number of nitrogens with one attached hydrogen (secondary N) is 2. The normalized spacial score (nSPS) is 14.6. The minimum absolute atomic E-state index is 0.106. The van der Waals surface area contributed by atoms with Crippen LogP contribution in [0.15, 0.2) is 12.3 Å². The fourth-order valence-electron chi connectivity index (χ4n) is 1.06. The van der Waals surface area contributed by atoms with Crippen LogP contribution in [0.3, 0.4) is 0 Å². The summed E-state index contributed by atoms with van der Waals surface area (Å²) >= 11 is 0. The van der Waals surface area contributed by atoms with Gasteiger partial charge in [-0.25, -0.2) is 4.98 Å². The average molecular weight is 197 g/mol. The number of anilines is 1. The Morgan fingerprint density at radius 2 is 2.14 bits per heavy atom. The number of hydrogen-bond acceptors (Lipinski definition) is 5. The van der Waals surface area contributed by atoms with E-state index in [0.717, 1.165) is 0 Å². The number of hydrogen-bond donors (Lipinski definition) is 4. The summed E-state index contributed by atoms with van der Waals surface area (Å²) < 4.78 is 0.500. The molecule has 1 aromatic rings. The highest BCUT2D eigenvalue weighted by Crippen LogP contribution is 1.90. The first kappa shape index (κ1) is 10.5. The lowest BCUT2D eigenvalue weighted by atomic mass is 10.4. The van der Waals surface area contributed by atoms with Crippen molar-refractivity contribution in [1.29, 1.82) is 5.41 Å². The number of rotatable bonds is 0. The van der Waals surface area contributed by atoms with E-state index in [4.69, 9.17) is 16.4 Å². The molecule has 0 amide bonds. The van der Waals surface area contributed by atoms with Crippen LogP contribution in [0.5, 0.6) is 0 Å². The standard InChI is InChI=1S/C4H6N4O.C4H9N/c5-3-1-2-7-4(6)8(3)9;1-2-4-5-3-1/h1-2,6,9H,5H2;5H,1-4H2. The van der Waals surface area contributed by atoms with Crippen molar-refractivity contribution in [2.75, 3.05) is 18.8 Å². The summed E-state index contributed by atoms with van der Waals surface area (Å²) in [5.41, 5.74) is 4.91. The van der Waals surface area contributed by atoms with Crippen molar-refractivity contribution in [1.82, 2.24) is 15.0 Å². The Balaban J connectivity index is 0.000000165. The summed E-state index contributed by atoms with van der Waals surface area (Å²) in [7, 11) is 0. The molecule has 14 heavy (non-hydrogen) atoms. The molecule has 2 rings (SSSR count). The maximum absolute atomic E-state index is 8.75. The average Bonchev–Trinajstić information content (AvgIpc) is 2.72. The Bertz CT molecular complexity index is 323. The lowest BCUT2D eigenvalue weighted by molar-refractivity contribution is 0.171. The van der Waals surface area contributed by atoms with Gasteiger partial charge in [-0.15, -0.1) is 4.73 Å². The minimum Gasteiger partial charge on any atom is -0.423 e. The van der Waals surface area contributed by atoms with Crippen LogP contribution in [0.1, 0.15) is 12.8 Å². The highest BCUT2D eigenvalue weighted by molar-refractivity contribution is 5.23. The predicted octanol–water partition coefficient (Wildman–Crippen LogP) is -0.448. The summed E-state index contributed by atoms with van der Waals surface area (Å²) in [6.45, 7) is 2.50. The van der Waals surface area contributed by atoms with Crippen LogP contribution in [0.25, 0.3) is 0 Å². The van der Waals surface area contributed by atoms with Crippen LogP contribution in [-0.4, -0.2) is 28.0 Å². The Morgan fingerprint density at radius 1 is 1.50 bits per heavy atom. The second kappa shape index (κ2) is 5.23. The van der Waals surface area contributed by atoms with Crippen LogP contribution in [0.4, 0.5) is 5.82 Å². The molecule has 0 aromatic carbocycles. The fraction of sp³-hybridized carbons (Fsp3) is 0.500. The molecule has 6 heteroatoms. The third-order valence-corrected chi connectivity index (χ3v) is 1.84. The molecule has 0 atom stereocenters. The van der Waals surface area contributed by atoms with Gasteiger partial charge in [0.1, 0.15) is 5.82 Å². The van der Waals surface area contributed by atoms with E-state index in [2.05, 4.69) is 10.3 Å². The van der Waals surface area contributed by atoms with Crippen LogP contribution >= 0.6 is 0 Å². The second-order valence-electron chi connectivity index (χ2n) is 2.96. The maximum Gasteiger partial charge on any atom is 0.257 e. The molecule has 0 spiro atoms. The summed E-state index contributed by atoms with van der Waals surface area (Å²) in [6, 6.07) is 1.40. The molecule has 6 nitrogen and oxygen atoms in total. The van der Waals surface area contributed by atoms with Gasteiger partial charge in [0.2, 0.25) is 0 Å². The zero-order valence-electron chi connectivity index (χ0n) is 7.90. The molecule has 1 aliphatic rings. The van der Waals surface area contributed by atoms with E-state index in [0.29, 0.717) is 4.73 Å². The Kier molecular flexibility index (Phi) is 3.93. The number of nitrogen functional groups attached to an aromatic ring is 1. The molecule has 1 aromatic heterocycles. The summed E-state index contributed by atoms with van der Waals surface area (Å²) in [5.74, 6) is 0.106. The van der Waals surface area contributed by atoms with Gasteiger partial charge in [-0.1, -0.05) is 0 Å². The van der Waals surface area contributed by atoms with Crippen LogP contribution in [-0.2, 0) is 0 Å². The Labute approximate surface area is 81.9 Å². The molecule has 0 aliphatic carbocycles. The third kappa shape index (κ3) is 3.06. The highest BCUT2D eigenvalue weighted by Gasteiger charge is 1.93. The predicted molar refractivity (Wildman–Crippen MR) is 51.8 cm³/mol. The number of nitrogens with two attached hydrogens (primary N) is 1. The van der Waals surface area contributed by atoms with Crippen LogP contribution in [0.2, 0.25) is 0 Å². The van der Waals surface area contributed by atoms with Crippen LogP contribution in [0, 0.1) is 5.41 Å². The van der Waals surface area contributed by atoms with E-state index in [1.54, 1.807) is 0 Å². The first-order valence-electron chi connectivity index (χ1n) is 4.50. The highest BCUT2D eigenvalue weighted by atomic mass is 16.5. The van der Waals surface area contributed by atoms with Gasteiger partial charge in [0, 0.05) is 12.3 Å². The first-order valence-corrected chi connectivity index (χ1v) is 4.50. The number of aromatic nitrogens is 2. The number of nitrogens with zero attached hydrogens (tertiary/aromatic N) is 2. The second-order valence-corrected chi connectivity index (χ2v) is 2.96. The summed E-state index contributed by atoms with van der Waals surface area (Å²) in [5, 5.41) is 18.9. The monoisotopic (exact) mass is 197 g/mol. The fourth-order valence-corrected chi connectivity index (χ4v) is 1.06. The van der Waals surface area contributed by atoms with Gasteiger partial charge in [-0.05, 0) is 25.9 Å². The molecule has 78 valence electrons. The van der Waals surface area contributed by atoms with Crippen LogP contribution < -0.4 is 16.7 Å². The lowest BCUT2D eigenvalue weighted by Crippen LogP contribution is -2.22. The van der Waals surface area contributed by atoms with Crippen molar-refractivity contribution in [3.05, 3.63) is 17.9 Å². The minimum atomic E-state index is -0.269. The maximum atomic E-state index is 8.75. The SMILES string of the molecule is C1CCNC1.N=c1nccc(N)n1O. The molecule has 0 radical (unpaired) electrons. The van der Waals surface area contributed by atoms with E-state index in [1.807, 2.05) is 0 Å². The molecule has 0 saturated carbocycles. The molecule has 0 unspecified atom stereocenters. The molecule has 0 bridgehead atoms.